The third kappa shape index (κ3) is 4.32. The summed E-state index contributed by atoms with van der Waals surface area (Å²) in [4.78, 5) is 47.5. The molecule has 2 bridgehead atoms. The van der Waals surface area contributed by atoms with Crippen LogP contribution in [0.4, 0.5) is 9.52 Å². The van der Waals surface area contributed by atoms with Gasteiger partial charge in [-0.05, 0) is 5.41 Å². The van der Waals surface area contributed by atoms with Crippen molar-refractivity contribution in [3.8, 4) is 0 Å². The van der Waals surface area contributed by atoms with E-state index in [-0.39, 0.29) is 16.7 Å². The van der Waals surface area contributed by atoms with E-state index in [2.05, 4.69) is 31.6 Å². The first-order valence-corrected chi connectivity index (χ1v) is 13.4. The fourth-order valence-corrected chi connectivity index (χ4v) is 7.25. The zero-order valence-corrected chi connectivity index (χ0v) is 21.2. The summed E-state index contributed by atoms with van der Waals surface area (Å²) in [5.41, 5.74) is 6.10. The third-order valence-corrected chi connectivity index (χ3v) is 9.58. The van der Waals surface area contributed by atoms with Crippen molar-refractivity contribution in [2.45, 2.75) is 37.6 Å². The maximum atomic E-state index is 13.0. The fourth-order valence-electron chi connectivity index (χ4n) is 5.48. The smallest absolute Gasteiger partial charge is 0.278 e. The monoisotopic (exact) mass is 539 g/mol. The zero-order chi connectivity index (χ0) is 25.7. The van der Waals surface area contributed by atoms with Crippen LogP contribution in [0.3, 0.4) is 0 Å². The van der Waals surface area contributed by atoms with Crippen molar-refractivity contribution in [1.29, 1.82) is 0 Å². The Bertz CT molecular complexity index is 1150. The molecule has 2 atom stereocenters. The molecular formula is C21H26FN7O5S2. The predicted octanol–water partition coefficient (Wildman–Crippen LogP) is -0.807. The highest BCUT2D eigenvalue weighted by Gasteiger charge is 2.54. The topological polar surface area (TPSA) is 163 Å². The number of hydrogen-bond acceptors (Lipinski definition) is 11. The summed E-state index contributed by atoms with van der Waals surface area (Å²) in [7, 11) is 0. The molecule has 4 saturated heterocycles. The second-order valence-corrected chi connectivity index (χ2v) is 11.9. The standard InChI is InChI=1S/C21H26FN7O5S2/c1-21-2-5-29(6-3-21,7-4-21)8-11-9-35-18-13(17(31)28(18)14(11)19(32)33)24-16(30)12(26-34-10-22)15-25-20(23)36-27-15/h13,18H,2-10H2,1H3,(H3-,23,24,25,27,30,32,33)/b26-12-/t13-,18-,21?,29?/m1/s1. The Balaban J connectivity index is 1.33. The number of carbonyl (C=O) groups excluding carboxylic acids is 3. The molecule has 0 aromatic carbocycles. The molecule has 0 spiro atoms. The van der Waals surface area contributed by atoms with Crippen LogP contribution < -0.4 is 16.2 Å². The van der Waals surface area contributed by atoms with Crippen molar-refractivity contribution in [2.24, 2.45) is 10.6 Å². The van der Waals surface area contributed by atoms with Crippen molar-refractivity contribution in [2.75, 3.05) is 44.5 Å². The quantitative estimate of drug-likeness (QED) is 0.186. The van der Waals surface area contributed by atoms with Crippen LogP contribution in [-0.4, -0.2) is 92.4 Å². The number of hydrogen-bond donors (Lipinski definition) is 2. The van der Waals surface area contributed by atoms with E-state index in [1.54, 1.807) is 0 Å². The number of aromatic nitrogens is 2. The van der Waals surface area contributed by atoms with E-state index < -0.39 is 41.8 Å². The van der Waals surface area contributed by atoms with Gasteiger partial charge in [-0.25, -0.2) is 4.39 Å². The van der Waals surface area contributed by atoms with Crippen molar-refractivity contribution < 1.29 is 33.2 Å². The lowest BCUT2D eigenvalue weighted by Gasteiger charge is -2.55. The summed E-state index contributed by atoms with van der Waals surface area (Å²) in [6.07, 6.45) is 3.34. The number of carboxylic acid groups (broad SMARTS) is 1. The molecule has 5 aliphatic heterocycles. The van der Waals surface area contributed by atoms with Gasteiger partial charge >= 0.3 is 0 Å². The number of quaternary nitrogens is 1. The summed E-state index contributed by atoms with van der Waals surface area (Å²) in [5.74, 6) is -2.59. The van der Waals surface area contributed by atoms with E-state index in [4.69, 9.17) is 5.73 Å². The van der Waals surface area contributed by atoms with Gasteiger partial charge in [0, 0.05) is 42.1 Å². The molecule has 0 aliphatic carbocycles. The Morgan fingerprint density at radius 2 is 2.06 bits per heavy atom. The van der Waals surface area contributed by atoms with Gasteiger partial charge in [0.15, 0.2) is 5.13 Å². The van der Waals surface area contributed by atoms with Crippen LogP contribution in [0.1, 0.15) is 32.0 Å². The Kier molecular flexibility index (Phi) is 6.41. The van der Waals surface area contributed by atoms with Crippen LogP contribution in [0.15, 0.2) is 16.4 Å². The first-order chi connectivity index (χ1) is 17.2. The van der Waals surface area contributed by atoms with Crippen LogP contribution >= 0.6 is 23.3 Å². The summed E-state index contributed by atoms with van der Waals surface area (Å²) < 4.78 is 17.2. The van der Waals surface area contributed by atoms with Gasteiger partial charge in [0.25, 0.3) is 18.7 Å². The van der Waals surface area contributed by atoms with Crippen molar-refractivity contribution >= 4 is 51.9 Å². The zero-order valence-electron chi connectivity index (χ0n) is 19.6. The Morgan fingerprint density at radius 1 is 1.36 bits per heavy atom. The molecule has 3 N–H and O–H groups in total. The molecule has 0 saturated carbocycles. The lowest BCUT2D eigenvalue weighted by Crippen LogP contribution is -2.72. The number of β-lactam (4-membered cyclic amide) rings is 1. The van der Waals surface area contributed by atoms with Crippen molar-refractivity contribution in [3.05, 3.63) is 17.1 Å². The molecule has 2 amide bonds. The molecular weight excluding hydrogens is 513 g/mol. The predicted molar refractivity (Wildman–Crippen MR) is 127 cm³/mol. The maximum Gasteiger partial charge on any atom is 0.278 e. The highest BCUT2D eigenvalue weighted by molar-refractivity contribution is 8.00. The SMILES string of the molecule is CC12CC[N+](CC3=C(C(=O)[O-])N4C(=O)[C@@H](NC(=O)/C(=N\OCF)c5nsc(N)n5)[C@H]4SC3)(CC1)CC2. The van der Waals surface area contributed by atoms with Crippen LogP contribution in [0.2, 0.25) is 0 Å². The average molecular weight is 540 g/mol. The lowest BCUT2D eigenvalue weighted by atomic mass is 9.72. The number of nitrogen functional groups attached to an aromatic ring is 1. The second kappa shape index (κ2) is 9.27. The van der Waals surface area contributed by atoms with Gasteiger partial charge in [0.05, 0.1) is 31.3 Å². The van der Waals surface area contributed by atoms with Gasteiger partial charge in [0.1, 0.15) is 18.0 Å². The van der Waals surface area contributed by atoms with Gasteiger partial charge in [0.2, 0.25) is 11.5 Å². The number of nitrogens with zero attached hydrogens (tertiary/aromatic N) is 5. The first-order valence-electron chi connectivity index (χ1n) is 11.5. The second-order valence-electron chi connectivity index (χ2n) is 9.97. The number of nitrogens with two attached hydrogens (primary N) is 1. The van der Waals surface area contributed by atoms with E-state index in [1.165, 1.54) is 16.7 Å². The molecule has 0 unspecified atom stereocenters. The van der Waals surface area contributed by atoms with Crippen LogP contribution in [-0.2, 0) is 19.2 Å². The number of halogens is 1. The molecule has 1 aromatic heterocycles. The van der Waals surface area contributed by atoms with E-state index in [0.29, 0.717) is 23.3 Å². The number of fused-ring (bicyclic) bond motifs is 4. The molecule has 1 aromatic rings. The normalized spacial score (nSPS) is 31.7. The number of piperidine rings is 3. The van der Waals surface area contributed by atoms with Crippen LogP contribution in [0.5, 0.6) is 0 Å². The first kappa shape index (κ1) is 24.9. The average Bonchev–Trinajstić information content (AvgIpc) is 3.29. The Morgan fingerprint density at radius 3 is 2.64 bits per heavy atom. The number of alkyl halides is 1. The molecule has 194 valence electrons. The molecule has 0 radical (unpaired) electrons. The van der Waals surface area contributed by atoms with E-state index in [0.717, 1.165) is 54.9 Å². The van der Waals surface area contributed by atoms with Gasteiger partial charge in [-0.2, -0.15) is 9.36 Å². The number of amides is 2. The van der Waals surface area contributed by atoms with Gasteiger partial charge < -0.3 is 30.3 Å². The molecule has 12 nitrogen and oxygen atoms in total. The highest BCUT2D eigenvalue weighted by atomic mass is 32.2. The van der Waals surface area contributed by atoms with Crippen LogP contribution in [0.25, 0.3) is 0 Å². The summed E-state index contributed by atoms with van der Waals surface area (Å²) in [6.45, 7) is 4.61. The Hall–Kier alpha value is -2.78. The minimum atomic E-state index is -1.40. The highest BCUT2D eigenvalue weighted by Crippen LogP contribution is 2.46. The number of aliphatic carboxylic acids is 1. The Labute approximate surface area is 214 Å². The molecule has 15 heteroatoms. The van der Waals surface area contributed by atoms with Crippen molar-refractivity contribution in [1.82, 2.24) is 19.6 Å². The third-order valence-electron chi connectivity index (χ3n) is 7.70. The number of anilines is 1. The van der Waals surface area contributed by atoms with Gasteiger partial charge in [-0.1, -0.05) is 12.1 Å². The number of oxime groups is 1. The van der Waals surface area contributed by atoms with Gasteiger partial charge in [-0.3, -0.25) is 14.5 Å². The number of nitrogens with one attached hydrogen (secondary N) is 1. The summed E-state index contributed by atoms with van der Waals surface area (Å²) in [5, 5.41) is 17.6. The number of rotatable bonds is 8. The van der Waals surface area contributed by atoms with Crippen LogP contribution in [0, 0.1) is 5.41 Å². The summed E-state index contributed by atoms with van der Waals surface area (Å²) >= 11 is 2.20. The number of carboxylic acids is 1. The molecule has 5 aliphatic rings. The lowest BCUT2D eigenvalue weighted by molar-refractivity contribution is -0.941. The fraction of sp³-hybridized carbons (Fsp3) is 0.619. The number of thioether (sulfide) groups is 1. The van der Waals surface area contributed by atoms with Crippen molar-refractivity contribution in [3.63, 3.8) is 0 Å². The molecule has 4 fully saturated rings. The minimum absolute atomic E-state index is 0.0641. The summed E-state index contributed by atoms with van der Waals surface area (Å²) in [6, 6.07) is -1.01. The van der Waals surface area contributed by atoms with E-state index >= 15 is 0 Å². The minimum Gasteiger partial charge on any atom is -0.543 e. The molecule has 36 heavy (non-hydrogen) atoms. The molecule has 6 rings (SSSR count). The maximum absolute atomic E-state index is 13.0. The van der Waals surface area contributed by atoms with Gasteiger partial charge in [-0.15, -0.1) is 11.8 Å². The molecule has 6 heterocycles. The number of carbonyl (C=O) groups is 3. The largest absolute Gasteiger partial charge is 0.543 e. The van der Waals surface area contributed by atoms with E-state index in [1.807, 2.05) is 0 Å². The van der Waals surface area contributed by atoms with E-state index in [9.17, 15) is 23.9 Å².